The van der Waals surface area contributed by atoms with E-state index in [1.54, 1.807) is 19.2 Å². The fourth-order valence-electron chi connectivity index (χ4n) is 3.89. The number of nitrogens with one attached hydrogen (secondary N) is 1. The van der Waals surface area contributed by atoms with Gasteiger partial charge in [0.1, 0.15) is 22.9 Å². The van der Waals surface area contributed by atoms with Crippen molar-refractivity contribution in [3.8, 4) is 17.1 Å². The minimum Gasteiger partial charge on any atom is -0.493 e. The molecule has 0 unspecified atom stereocenters. The Kier molecular flexibility index (Phi) is 5.33. The minimum absolute atomic E-state index is 0.219. The molecule has 1 aromatic heterocycles. The van der Waals surface area contributed by atoms with E-state index in [-0.39, 0.29) is 11.7 Å². The van der Waals surface area contributed by atoms with Crippen LogP contribution in [0.5, 0.6) is 5.75 Å². The molecule has 0 saturated heterocycles. The molecule has 1 amide bonds. The molecule has 0 atom stereocenters. The summed E-state index contributed by atoms with van der Waals surface area (Å²) < 4.78 is 25.5. The van der Waals surface area contributed by atoms with Gasteiger partial charge in [0.2, 0.25) is 0 Å². The number of hydrogen-bond donors (Lipinski definition) is 1. The first-order valence-corrected chi connectivity index (χ1v) is 9.88. The number of fused-ring (bicyclic) bond motifs is 3. The number of amides is 1. The number of aryl methyl sites for hydroxylation is 1. The van der Waals surface area contributed by atoms with Gasteiger partial charge in [-0.15, -0.1) is 0 Å². The number of hydrogen-bond acceptors (Lipinski definition) is 3. The smallest absolute Gasteiger partial charge is 0.255 e. The zero-order valence-electron chi connectivity index (χ0n) is 16.0. The number of furan rings is 1. The summed E-state index contributed by atoms with van der Waals surface area (Å²) in [5, 5.41) is 3.53. The molecule has 146 valence electrons. The van der Waals surface area contributed by atoms with Crippen LogP contribution in [0.4, 0.5) is 4.39 Å². The summed E-state index contributed by atoms with van der Waals surface area (Å²) in [5.41, 5.74) is 2.83. The molecule has 2 aromatic carbocycles. The molecule has 0 fully saturated rings. The van der Waals surface area contributed by atoms with Gasteiger partial charge in [0.05, 0.1) is 12.2 Å². The van der Waals surface area contributed by atoms with Crippen LogP contribution in [0.2, 0.25) is 0 Å². The number of ether oxygens (including phenoxy) is 1. The van der Waals surface area contributed by atoms with Gasteiger partial charge in [-0.3, -0.25) is 4.79 Å². The number of benzene rings is 2. The predicted octanol–water partition coefficient (Wildman–Crippen LogP) is 5.48. The number of halogens is 1. The van der Waals surface area contributed by atoms with Crippen molar-refractivity contribution in [2.45, 2.75) is 38.5 Å². The highest BCUT2D eigenvalue weighted by molar-refractivity contribution is 6.12. The van der Waals surface area contributed by atoms with Crippen molar-refractivity contribution >= 4 is 16.9 Å². The largest absolute Gasteiger partial charge is 0.493 e. The average molecular weight is 381 g/mol. The zero-order chi connectivity index (χ0) is 19.5. The number of rotatable bonds is 2. The molecule has 0 radical (unpaired) electrons. The quantitative estimate of drug-likeness (QED) is 0.639. The van der Waals surface area contributed by atoms with Crippen molar-refractivity contribution in [3.63, 3.8) is 0 Å². The van der Waals surface area contributed by atoms with Gasteiger partial charge >= 0.3 is 0 Å². The molecule has 4 rings (SSSR count). The van der Waals surface area contributed by atoms with E-state index in [1.165, 1.54) is 25.0 Å². The Morgan fingerprint density at radius 2 is 1.75 bits per heavy atom. The molecule has 1 aliphatic heterocycles. The minimum atomic E-state index is -0.327. The van der Waals surface area contributed by atoms with Crippen molar-refractivity contribution in [1.82, 2.24) is 5.32 Å². The predicted molar refractivity (Wildman–Crippen MR) is 107 cm³/mol. The van der Waals surface area contributed by atoms with Crippen LogP contribution in [-0.4, -0.2) is 19.6 Å². The molecule has 28 heavy (non-hydrogen) atoms. The third kappa shape index (κ3) is 3.49. The Hall–Kier alpha value is -2.82. The molecule has 3 aromatic rings. The fraction of sp³-hybridized carbons (Fsp3) is 0.348. The highest BCUT2D eigenvalue weighted by atomic mass is 19.1. The van der Waals surface area contributed by atoms with E-state index >= 15 is 0 Å². The van der Waals surface area contributed by atoms with E-state index in [9.17, 15) is 9.18 Å². The first kappa shape index (κ1) is 18.5. The third-order valence-corrected chi connectivity index (χ3v) is 5.31. The van der Waals surface area contributed by atoms with Gasteiger partial charge in [-0.1, -0.05) is 19.3 Å². The highest BCUT2D eigenvalue weighted by Gasteiger charge is 2.25. The van der Waals surface area contributed by atoms with Crippen LogP contribution < -0.4 is 10.1 Å². The van der Waals surface area contributed by atoms with Crippen molar-refractivity contribution in [2.24, 2.45) is 0 Å². The van der Waals surface area contributed by atoms with Crippen LogP contribution in [-0.2, 0) is 6.42 Å². The molecule has 5 heteroatoms. The summed E-state index contributed by atoms with van der Waals surface area (Å²) in [6.07, 6.45) is 6.45. The lowest BCUT2D eigenvalue weighted by Crippen LogP contribution is -2.18. The van der Waals surface area contributed by atoms with Crippen LogP contribution in [0, 0.1) is 5.82 Å². The average Bonchev–Trinajstić information content (AvgIpc) is 3.11. The molecule has 0 bridgehead atoms. The van der Waals surface area contributed by atoms with Gasteiger partial charge in [-0.05, 0) is 55.7 Å². The Bertz CT molecular complexity index is 991. The zero-order valence-corrected chi connectivity index (χ0v) is 16.0. The molecule has 0 aliphatic carbocycles. The summed E-state index contributed by atoms with van der Waals surface area (Å²) in [6.45, 7) is 0.677. The van der Waals surface area contributed by atoms with E-state index < -0.39 is 0 Å². The van der Waals surface area contributed by atoms with Gasteiger partial charge < -0.3 is 14.5 Å². The summed E-state index contributed by atoms with van der Waals surface area (Å²) in [4.78, 5) is 12.8. The topological polar surface area (TPSA) is 51.5 Å². The van der Waals surface area contributed by atoms with Gasteiger partial charge in [0, 0.05) is 23.6 Å². The van der Waals surface area contributed by atoms with Crippen LogP contribution >= 0.6 is 0 Å². The highest BCUT2D eigenvalue weighted by Crippen LogP contribution is 2.40. The molecule has 1 aliphatic rings. The summed E-state index contributed by atoms with van der Waals surface area (Å²) >= 11 is 0. The lowest BCUT2D eigenvalue weighted by Gasteiger charge is -2.15. The Labute approximate surface area is 163 Å². The molecular weight excluding hydrogens is 357 g/mol. The van der Waals surface area contributed by atoms with Gasteiger partial charge in [0.15, 0.2) is 0 Å². The van der Waals surface area contributed by atoms with Crippen molar-refractivity contribution < 1.29 is 18.3 Å². The summed E-state index contributed by atoms with van der Waals surface area (Å²) in [6, 6.07) is 9.81. The number of carbonyl (C=O) groups excluding carboxylic acids is 1. The maximum Gasteiger partial charge on any atom is 0.255 e. The summed E-state index contributed by atoms with van der Waals surface area (Å²) in [7, 11) is 1.61. The second kappa shape index (κ2) is 8.05. The first-order chi connectivity index (χ1) is 13.7. The standard InChI is InChI=1S/C23H24FNO3/c1-25-23(26)21-20-17-7-5-3-2-4-6-14-27-18(17)12-13-19(20)28-22(21)15-8-10-16(24)11-9-15/h8-13H,2-7,14H2,1H3,(H,25,26). The first-order valence-electron chi connectivity index (χ1n) is 9.88. The van der Waals surface area contributed by atoms with Crippen LogP contribution in [0.1, 0.15) is 48.0 Å². The Morgan fingerprint density at radius 1 is 1.00 bits per heavy atom. The molecule has 2 heterocycles. The van der Waals surface area contributed by atoms with Crippen molar-refractivity contribution in [1.29, 1.82) is 0 Å². The lowest BCUT2D eigenvalue weighted by molar-refractivity contribution is 0.0964. The van der Waals surface area contributed by atoms with Crippen LogP contribution in [0.25, 0.3) is 22.3 Å². The van der Waals surface area contributed by atoms with Gasteiger partial charge in [0.25, 0.3) is 5.91 Å². The van der Waals surface area contributed by atoms with E-state index in [0.29, 0.717) is 29.1 Å². The molecule has 1 N–H and O–H groups in total. The van der Waals surface area contributed by atoms with E-state index in [4.69, 9.17) is 9.15 Å². The van der Waals surface area contributed by atoms with Gasteiger partial charge in [-0.2, -0.15) is 0 Å². The lowest BCUT2D eigenvalue weighted by atomic mass is 9.96. The third-order valence-electron chi connectivity index (χ3n) is 5.31. The number of carbonyl (C=O) groups is 1. The molecule has 4 nitrogen and oxygen atoms in total. The van der Waals surface area contributed by atoms with Crippen molar-refractivity contribution in [2.75, 3.05) is 13.7 Å². The maximum atomic E-state index is 13.4. The Balaban J connectivity index is 1.94. The van der Waals surface area contributed by atoms with Crippen molar-refractivity contribution in [3.05, 3.63) is 53.3 Å². The van der Waals surface area contributed by atoms with Crippen LogP contribution in [0.15, 0.2) is 40.8 Å². The van der Waals surface area contributed by atoms with Crippen LogP contribution in [0.3, 0.4) is 0 Å². The monoisotopic (exact) mass is 381 g/mol. The van der Waals surface area contributed by atoms with Gasteiger partial charge in [-0.25, -0.2) is 4.39 Å². The molecule has 0 saturated carbocycles. The maximum absolute atomic E-state index is 13.4. The molecular formula is C23H24FNO3. The summed E-state index contributed by atoms with van der Waals surface area (Å²) in [5.74, 6) is 0.738. The van der Waals surface area contributed by atoms with E-state index in [1.807, 2.05) is 12.1 Å². The molecule has 0 spiro atoms. The fourth-order valence-corrected chi connectivity index (χ4v) is 3.89. The Morgan fingerprint density at radius 3 is 2.54 bits per heavy atom. The second-order valence-electron chi connectivity index (χ2n) is 7.17. The SMILES string of the molecule is CNC(=O)c1c(-c2ccc(F)cc2)oc2ccc3c(c12)CCCCCCCO3. The van der Waals surface area contributed by atoms with E-state index in [0.717, 1.165) is 42.4 Å². The normalized spacial score (nSPS) is 14.9. The van der Waals surface area contributed by atoms with E-state index in [2.05, 4.69) is 5.32 Å². The second-order valence-corrected chi connectivity index (χ2v) is 7.17.